The number of amides is 1. The summed E-state index contributed by atoms with van der Waals surface area (Å²) in [7, 11) is 0. The van der Waals surface area contributed by atoms with Crippen molar-refractivity contribution in [2.75, 3.05) is 29.9 Å². The van der Waals surface area contributed by atoms with Gasteiger partial charge in [0.1, 0.15) is 5.56 Å². The van der Waals surface area contributed by atoms with Gasteiger partial charge in [0.05, 0.1) is 10.5 Å². The quantitative estimate of drug-likeness (QED) is 0.221. The van der Waals surface area contributed by atoms with Gasteiger partial charge in [0.2, 0.25) is 5.91 Å². The molecular weight excluding hydrogens is 542 g/mol. The standard InChI is InChI=1S/C27H30F6N4O3/c28-26(29,30)19-3-8-22(9-4-19)36-13-11-18(12-14-36)25(38)34-16-17-1-5-20(6-2-17)35-21-7-10-24(37(39)40)23(15-21)27(31,32)33/h3-4,7-10,15,17-18,20,35H,1-2,5-6,11-14,16H2,(H,34,38). The van der Waals surface area contributed by atoms with Crippen LogP contribution in [0.25, 0.3) is 0 Å². The molecule has 1 amide bonds. The second-order valence-corrected chi connectivity index (χ2v) is 10.4. The van der Waals surface area contributed by atoms with Crippen molar-refractivity contribution in [3.63, 3.8) is 0 Å². The third kappa shape index (κ3) is 7.36. The van der Waals surface area contributed by atoms with E-state index in [1.807, 2.05) is 4.90 Å². The summed E-state index contributed by atoms with van der Waals surface area (Å²) >= 11 is 0. The molecule has 1 saturated heterocycles. The summed E-state index contributed by atoms with van der Waals surface area (Å²) in [5.41, 5.74) is -2.10. The molecule has 1 heterocycles. The number of carbonyl (C=O) groups excluding carboxylic acids is 1. The number of alkyl halides is 6. The van der Waals surface area contributed by atoms with E-state index >= 15 is 0 Å². The maximum absolute atomic E-state index is 13.2. The van der Waals surface area contributed by atoms with Gasteiger partial charge in [0.15, 0.2) is 0 Å². The van der Waals surface area contributed by atoms with E-state index in [1.165, 1.54) is 18.2 Å². The molecule has 2 fully saturated rings. The van der Waals surface area contributed by atoms with Crippen molar-refractivity contribution in [1.82, 2.24) is 5.32 Å². The zero-order valence-corrected chi connectivity index (χ0v) is 21.5. The molecule has 40 heavy (non-hydrogen) atoms. The SMILES string of the molecule is O=C(NCC1CCC(Nc2ccc([N+](=O)[O-])c(C(F)(F)F)c2)CC1)C1CCN(c2ccc(C(F)(F)F)cc2)CC1. The molecule has 4 rings (SSSR count). The minimum atomic E-state index is -4.84. The Labute approximate surface area is 227 Å². The average Bonchev–Trinajstić information content (AvgIpc) is 2.91. The van der Waals surface area contributed by atoms with Gasteiger partial charge in [-0.25, -0.2) is 0 Å². The van der Waals surface area contributed by atoms with Crippen molar-refractivity contribution in [2.24, 2.45) is 11.8 Å². The first kappa shape index (κ1) is 29.5. The van der Waals surface area contributed by atoms with Crippen LogP contribution in [0.1, 0.15) is 49.7 Å². The zero-order chi connectivity index (χ0) is 29.1. The fourth-order valence-corrected chi connectivity index (χ4v) is 5.41. The predicted molar refractivity (Wildman–Crippen MR) is 137 cm³/mol. The normalized spacial score (nSPS) is 20.7. The molecule has 7 nitrogen and oxygen atoms in total. The Bertz CT molecular complexity index is 1190. The Morgan fingerprint density at radius 3 is 2.08 bits per heavy atom. The molecule has 1 aliphatic heterocycles. The van der Waals surface area contributed by atoms with Crippen molar-refractivity contribution in [3.8, 4) is 0 Å². The lowest BCUT2D eigenvalue weighted by Crippen LogP contribution is -2.42. The van der Waals surface area contributed by atoms with E-state index in [4.69, 9.17) is 0 Å². The van der Waals surface area contributed by atoms with Gasteiger partial charge in [-0.15, -0.1) is 0 Å². The number of halogens is 6. The van der Waals surface area contributed by atoms with Crippen LogP contribution in [0.5, 0.6) is 0 Å². The van der Waals surface area contributed by atoms with Gasteiger partial charge in [-0.2, -0.15) is 26.3 Å². The first-order valence-electron chi connectivity index (χ1n) is 13.1. The van der Waals surface area contributed by atoms with Crippen LogP contribution in [0.2, 0.25) is 0 Å². The zero-order valence-electron chi connectivity index (χ0n) is 21.5. The fraction of sp³-hybridized carbons (Fsp3) is 0.519. The summed E-state index contributed by atoms with van der Waals surface area (Å²) in [6.45, 7) is 1.64. The number of piperidine rings is 1. The summed E-state index contributed by atoms with van der Waals surface area (Å²) in [6, 6.07) is 7.85. The Kier molecular flexibility index (Phi) is 8.79. The van der Waals surface area contributed by atoms with Crippen LogP contribution in [0, 0.1) is 22.0 Å². The van der Waals surface area contributed by atoms with Gasteiger partial charge in [0, 0.05) is 49.0 Å². The summed E-state index contributed by atoms with van der Waals surface area (Å²) in [6.07, 6.45) is -5.12. The molecule has 218 valence electrons. The Balaban J connectivity index is 1.19. The predicted octanol–water partition coefficient (Wildman–Crippen LogP) is 6.64. The number of rotatable bonds is 7. The van der Waals surface area contributed by atoms with E-state index in [1.54, 1.807) is 0 Å². The minimum absolute atomic E-state index is 0.0436. The lowest BCUT2D eigenvalue weighted by Gasteiger charge is -2.34. The van der Waals surface area contributed by atoms with E-state index in [2.05, 4.69) is 10.6 Å². The molecule has 0 atom stereocenters. The largest absolute Gasteiger partial charge is 0.423 e. The molecule has 1 aliphatic carbocycles. The van der Waals surface area contributed by atoms with Crippen LogP contribution in [-0.2, 0) is 17.1 Å². The number of hydrogen-bond acceptors (Lipinski definition) is 5. The molecule has 2 aromatic carbocycles. The van der Waals surface area contributed by atoms with Gasteiger partial charge in [-0.3, -0.25) is 14.9 Å². The number of carbonyl (C=O) groups is 1. The third-order valence-electron chi connectivity index (χ3n) is 7.71. The molecular formula is C27H30F6N4O3. The maximum Gasteiger partial charge on any atom is 0.423 e. The average molecular weight is 573 g/mol. The van der Waals surface area contributed by atoms with Gasteiger partial charge < -0.3 is 15.5 Å². The van der Waals surface area contributed by atoms with Crippen LogP contribution in [0.4, 0.5) is 43.4 Å². The van der Waals surface area contributed by atoms with Crippen molar-refractivity contribution >= 4 is 23.0 Å². The topological polar surface area (TPSA) is 87.5 Å². The van der Waals surface area contributed by atoms with Crippen molar-refractivity contribution in [2.45, 2.75) is 56.9 Å². The van der Waals surface area contributed by atoms with E-state index in [-0.39, 0.29) is 29.5 Å². The highest BCUT2D eigenvalue weighted by molar-refractivity contribution is 5.79. The van der Waals surface area contributed by atoms with Crippen LogP contribution >= 0.6 is 0 Å². The molecule has 2 N–H and O–H groups in total. The number of nitrogens with one attached hydrogen (secondary N) is 2. The Morgan fingerprint density at radius 1 is 0.900 bits per heavy atom. The highest BCUT2D eigenvalue weighted by Crippen LogP contribution is 2.38. The maximum atomic E-state index is 13.2. The molecule has 13 heteroatoms. The monoisotopic (exact) mass is 572 g/mol. The molecule has 0 radical (unpaired) electrons. The first-order valence-corrected chi connectivity index (χ1v) is 13.1. The molecule has 0 aromatic heterocycles. The number of nitrogens with zero attached hydrogens (tertiary/aromatic N) is 2. The highest BCUT2D eigenvalue weighted by atomic mass is 19.4. The van der Waals surface area contributed by atoms with E-state index < -0.39 is 34.1 Å². The molecule has 0 unspecified atom stereocenters. The van der Waals surface area contributed by atoms with Gasteiger partial charge in [0.25, 0.3) is 5.69 Å². The fourth-order valence-electron chi connectivity index (χ4n) is 5.41. The molecule has 2 aromatic rings. The number of nitro benzene ring substituents is 1. The third-order valence-corrected chi connectivity index (χ3v) is 7.71. The number of benzene rings is 2. The lowest BCUT2D eigenvalue weighted by atomic mass is 9.85. The smallest absolute Gasteiger partial charge is 0.382 e. The van der Waals surface area contributed by atoms with E-state index in [0.29, 0.717) is 51.0 Å². The number of anilines is 2. The second kappa shape index (κ2) is 11.9. The highest BCUT2D eigenvalue weighted by Gasteiger charge is 2.38. The molecule has 0 spiro atoms. The molecule has 0 bridgehead atoms. The van der Waals surface area contributed by atoms with Crippen LogP contribution < -0.4 is 15.5 Å². The lowest BCUT2D eigenvalue weighted by molar-refractivity contribution is -0.388. The van der Waals surface area contributed by atoms with Crippen molar-refractivity contribution in [1.29, 1.82) is 0 Å². The van der Waals surface area contributed by atoms with Crippen LogP contribution in [0.15, 0.2) is 42.5 Å². The van der Waals surface area contributed by atoms with Crippen molar-refractivity contribution < 1.29 is 36.1 Å². The summed E-state index contributed by atoms with van der Waals surface area (Å²) in [5, 5.41) is 17.0. The second-order valence-electron chi connectivity index (χ2n) is 10.4. The molecule has 2 aliphatic rings. The summed E-state index contributed by atoms with van der Waals surface area (Å²) in [5.74, 6) is 0.0170. The van der Waals surface area contributed by atoms with Gasteiger partial charge in [-0.05, 0) is 80.8 Å². The van der Waals surface area contributed by atoms with Crippen molar-refractivity contribution in [3.05, 3.63) is 63.7 Å². The number of hydrogen-bond donors (Lipinski definition) is 2. The number of nitro groups is 1. The van der Waals surface area contributed by atoms with E-state index in [0.717, 1.165) is 37.1 Å². The van der Waals surface area contributed by atoms with E-state index in [9.17, 15) is 41.3 Å². The van der Waals surface area contributed by atoms with Crippen LogP contribution in [0.3, 0.4) is 0 Å². The Morgan fingerprint density at radius 2 is 1.52 bits per heavy atom. The summed E-state index contributed by atoms with van der Waals surface area (Å²) in [4.78, 5) is 24.6. The first-order chi connectivity index (χ1) is 18.8. The summed E-state index contributed by atoms with van der Waals surface area (Å²) < 4.78 is 78.1. The Hall–Kier alpha value is -3.51. The minimum Gasteiger partial charge on any atom is -0.382 e. The van der Waals surface area contributed by atoms with Gasteiger partial charge >= 0.3 is 12.4 Å². The molecule has 1 saturated carbocycles. The van der Waals surface area contributed by atoms with Crippen LogP contribution in [-0.4, -0.2) is 36.5 Å². The van der Waals surface area contributed by atoms with Gasteiger partial charge in [-0.1, -0.05) is 0 Å².